The van der Waals surface area contributed by atoms with Gasteiger partial charge < -0.3 is 15.3 Å². The minimum absolute atomic E-state index is 0.0960. The van der Waals surface area contributed by atoms with Gasteiger partial charge in [0.15, 0.2) is 0 Å². The second-order valence-corrected chi connectivity index (χ2v) is 10.2. The summed E-state index contributed by atoms with van der Waals surface area (Å²) in [6.07, 6.45) is 24.9. The van der Waals surface area contributed by atoms with Gasteiger partial charge in [-0.2, -0.15) is 0 Å². The minimum Gasteiger partial charge on any atom is -0.481 e. The molecule has 1 saturated carbocycles. The molecule has 0 radical (unpaired) electrons. The fourth-order valence-corrected chi connectivity index (χ4v) is 4.84. The molecule has 1 rings (SSSR count). The molecule has 0 spiro atoms. The van der Waals surface area contributed by atoms with Gasteiger partial charge in [0.05, 0.1) is 6.10 Å². The van der Waals surface area contributed by atoms with E-state index < -0.39 is 5.97 Å². The SMILES string of the molecule is O=C(O)CCCCCCCCCCCCCCCCCC[C@H](O)NCC1CCC(O)CC1. The van der Waals surface area contributed by atoms with Gasteiger partial charge >= 0.3 is 5.97 Å². The number of hydrogen-bond donors (Lipinski definition) is 4. The molecular formula is C27H53NO4. The lowest BCUT2D eigenvalue weighted by Crippen LogP contribution is -2.35. The van der Waals surface area contributed by atoms with Crippen LogP contribution in [-0.4, -0.2) is 40.2 Å². The third kappa shape index (κ3) is 18.9. The highest BCUT2D eigenvalue weighted by Gasteiger charge is 2.19. The number of aliphatic hydroxyl groups is 2. The van der Waals surface area contributed by atoms with E-state index in [0.717, 1.165) is 57.9 Å². The number of carbonyl (C=O) groups is 1. The molecule has 0 bridgehead atoms. The number of rotatable bonds is 22. The van der Waals surface area contributed by atoms with Gasteiger partial charge in [0.2, 0.25) is 0 Å². The van der Waals surface area contributed by atoms with Crippen molar-refractivity contribution in [2.75, 3.05) is 6.54 Å². The van der Waals surface area contributed by atoms with Crippen molar-refractivity contribution in [2.45, 2.75) is 154 Å². The van der Waals surface area contributed by atoms with Crippen LogP contribution < -0.4 is 5.32 Å². The highest BCUT2D eigenvalue weighted by atomic mass is 16.4. The van der Waals surface area contributed by atoms with Crippen molar-refractivity contribution in [1.29, 1.82) is 0 Å². The molecule has 0 amide bonds. The van der Waals surface area contributed by atoms with E-state index in [1.165, 1.54) is 83.5 Å². The van der Waals surface area contributed by atoms with Crippen LogP contribution in [0.1, 0.15) is 141 Å². The van der Waals surface area contributed by atoms with Crippen molar-refractivity contribution < 1.29 is 20.1 Å². The standard InChI is InChI=1S/C27H53NO4/c29-25-21-19-24(20-22-25)23-28-26(30)17-15-13-11-9-7-5-3-1-2-4-6-8-10-12-14-16-18-27(31)32/h24-26,28-30H,1-23H2,(H,31,32)/t24?,25?,26-/m0/s1. The maximum Gasteiger partial charge on any atom is 0.303 e. The Labute approximate surface area is 197 Å². The van der Waals surface area contributed by atoms with E-state index in [2.05, 4.69) is 5.32 Å². The molecular weight excluding hydrogens is 402 g/mol. The first-order valence-electron chi connectivity index (χ1n) is 13.9. The van der Waals surface area contributed by atoms with E-state index >= 15 is 0 Å². The maximum absolute atomic E-state index is 10.4. The maximum atomic E-state index is 10.4. The van der Waals surface area contributed by atoms with Crippen LogP contribution in [0, 0.1) is 5.92 Å². The van der Waals surface area contributed by atoms with Crippen molar-refractivity contribution >= 4 is 5.97 Å². The number of carboxylic acid groups (broad SMARTS) is 1. The minimum atomic E-state index is -0.665. The number of aliphatic hydroxyl groups excluding tert-OH is 2. The van der Waals surface area contributed by atoms with Crippen molar-refractivity contribution in [3.63, 3.8) is 0 Å². The Bertz CT molecular complexity index is 424. The average molecular weight is 456 g/mol. The Morgan fingerprint density at radius 1 is 0.688 bits per heavy atom. The molecule has 0 aromatic rings. The number of unbranched alkanes of at least 4 members (excludes halogenated alkanes) is 15. The molecule has 1 aliphatic carbocycles. The van der Waals surface area contributed by atoms with Crippen LogP contribution in [0.4, 0.5) is 0 Å². The summed E-state index contributed by atoms with van der Waals surface area (Å²) in [5.74, 6) is -0.0450. The normalized spacial score (nSPS) is 19.8. The van der Waals surface area contributed by atoms with Gasteiger partial charge in [-0.15, -0.1) is 0 Å². The quantitative estimate of drug-likeness (QED) is 0.110. The molecule has 1 atom stereocenters. The molecule has 32 heavy (non-hydrogen) atoms. The van der Waals surface area contributed by atoms with Gasteiger partial charge in [-0.25, -0.2) is 0 Å². The zero-order chi connectivity index (χ0) is 23.3. The Kier molecular flexibility index (Phi) is 19.2. The van der Waals surface area contributed by atoms with Crippen LogP contribution in [0.15, 0.2) is 0 Å². The summed E-state index contributed by atoms with van der Waals surface area (Å²) in [7, 11) is 0. The van der Waals surface area contributed by atoms with Crippen molar-refractivity contribution in [3.8, 4) is 0 Å². The monoisotopic (exact) mass is 455 g/mol. The summed E-state index contributed by atoms with van der Waals surface area (Å²) in [5.41, 5.74) is 0. The molecule has 5 nitrogen and oxygen atoms in total. The molecule has 1 fully saturated rings. The Balaban J connectivity index is 1.71. The van der Waals surface area contributed by atoms with Crippen molar-refractivity contribution in [2.24, 2.45) is 5.92 Å². The highest BCUT2D eigenvalue weighted by Crippen LogP contribution is 2.23. The van der Waals surface area contributed by atoms with E-state index in [1.807, 2.05) is 0 Å². The Morgan fingerprint density at radius 2 is 1.09 bits per heavy atom. The highest BCUT2D eigenvalue weighted by molar-refractivity contribution is 5.66. The summed E-state index contributed by atoms with van der Waals surface area (Å²) in [6.45, 7) is 0.891. The fraction of sp³-hybridized carbons (Fsp3) is 0.963. The second kappa shape index (κ2) is 20.9. The first-order valence-corrected chi connectivity index (χ1v) is 13.9. The van der Waals surface area contributed by atoms with Crippen molar-refractivity contribution in [1.82, 2.24) is 5.32 Å². The number of aliphatic carboxylic acids is 1. The van der Waals surface area contributed by atoms with E-state index in [4.69, 9.17) is 5.11 Å². The first kappa shape index (κ1) is 29.4. The Morgan fingerprint density at radius 3 is 1.53 bits per heavy atom. The van der Waals surface area contributed by atoms with Crippen LogP contribution in [0.25, 0.3) is 0 Å². The van der Waals surface area contributed by atoms with Gasteiger partial charge in [0.25, 0.3) is 0 Å². The molecule has 5 heteroatoms. The molecule has 0 aliphatic heterocycles. The number of nitrogens with one attached hydrogen (secondary N) is 1. The lowest BCUT2D eigenvalue weighted by Gasteiger charge is -2.26. The molecule has 4 N–H and O–H groups in total. The fourth-order valence-electron chi connectivity index (χ4n) is 4.84. The molecule has 0 unspecified atom stereocenters. The Hall–Kier alpha value is -0.650. The molecule has 0 heterocycles. The van der Waals surface area contributed by atoms with E-state index in [0.29, 0.717) is 12.3 Å². The van der Waals surface area contributed by atoms with Crippen molar-refractivity contribution in [3.05, 3.63) is 0 Å². The van der Waals surface area contributed by atoms with Crippen LogP contribution in [0.3, 0.4) is 0 Å². The van der Waals surface area contributed by atoms with Crippen LogP contribution in [-0.2, 0) is 4.79 Å². The molecule has 0 aromatic carbocycles. The topological polar surface area (TPSA) is 89.8 Å². The predicted octanol–water partition coefficient (Wildman–Crippen LogP) is 6.55. The van der Waals surface area contributed by atoms with Gasteiger partial charge in [-0.3, -0.25) is 10.1 Å². The van der Waals surface area contributed by atoms with E-state index in [9.17, 15) is 15.0 Å². The van der Waals surface area contributed by atoms with E-state index in [-0.39, 0.29) is 12.3 Å². The second-order valence-electron chi connectivity index (χ2n) is 10.2. The first-order chi connectivity index (χ1) is 15.6. The lowest BCUT2D eigenvalue weighted by atomic mass is 9.87. The smallest absolute Gasteiger partial charge is 0.303 e. The van der Waals surface area contributed by atoms with E-state index in [1.54, 1.807) is 0 Å². The summed E-state index contributed by atoms with van der Waals surface area (Å²) in [5, 5.41) is 31.5. The summed E-state index contributed by atoms with van der Waals surface area (Å²) in [6, 6.07) is 0. The predicted molar refractivity (Wildman–Crippen MR) is 133 cm³/mol. The largest absolute Gasteiger partial charge is 0.481 e. The van der Waals surface area contributed by atoms with Gasteiger partial charge in [-0.05, 0) is 50.9 Å². The summed E-state index contributed by atoms with van der Waals surface area (Å²) in [4.78, 5) is 10.4. The summed E-state index contributed by atoms with van der Waals surface area (Å²) >= 11 is 0. The lowest BCUT2D eigenvalue weighted by molar-refractivity contribution is -0.137. The van der Waals surface area contributed by atoms with Crippen LogP contribution >= 0.6 is 0 Å². The number of carboxylic acids is 1. The van der Waals surface area contributed by atoms with Crippen LogP contribution in [0.2, 0.25) is 0 Å². The van der Waals surface area contributed by atoms with Gasteiger partial charge in [0.1, 0.15) is 6.23 Å². The molecule has 0 aromatic heterocycles. The third-order valence-electron chi connectivity index (χ3n) is 7.08. The molecule has 1 aliphatic rings. The third-order valence-corrected chi connectivity index (χ3v) is 7.08. The molecule has 190 valence electrons. The zero-order valence-electron chi connectivity index (χ0n) is 20.7. The van der Waals surface area contributed by atoms with Gasteiger partial charge in [0, 0.05) is 13.0 Å². The number of hydrogen-bond acceptors (Lipinski definition) is 4. The summed E-state index contributed by atoms with van der Waals surface area (Å²) < 4.78 is 0. The van der Waals surface area contributed by atoms with Gasteiger partial charge in [-0.1, -0.05) is 89.9 Å². The van der Waals surface area contributed by atoms with Crippen LogP contribution in [0.5, 0.6) is 0 Å². The zero-order valence-corrected chi connectivity index (χ0v) is 20.7. The average Bonchev–Trinajstić information content (AvgIpc) is 2.77. The molecule has 0 saturated heterocycles.